The number of aliphatic hydroxyl groups is 1. The minimum atomic E-state index is -0.359. The molecule has 0 bridgehead atoms. The van der Waals surface area contributed by atoms with Crippen LogP contribution in [-0.2, 0) is 13.0 Å². The topological polar surface area (TPSA) is 60.9 Å². The van der Waals surface area contributed by atoms with Crippen molar-refractivity contribution in [1.29, 1.82) is 0 Å². The largest absolute Gasteiger partial charge is 0.391 e. The molecule has 4 nitrogen and oxygen atoms in total. The zero-order chi connectivity index (χ0) is 18.2. The number of imidazole rings is 1. The number of aromatic nitrogens is 2. The number of nitrogens with zero attached hydrogens (tertiary/aromatic N) is 1. The molecule has 0 spiro atoms. The first-order valence-electron chi connectivity index (χ1n) is 9.30. The molecule has 1 aromatic heterocycles. The quantitative estimate of drug-likeness (QED) is 0.483. The molecule has 1 aliphatic carbocycles. The molecule has 142 valence electrons. The Balaban J connectivity index is 0.00000192. The number of fused-ring (bicyclic) bond motifs is 2. The third-order valence-electron chi connectivity index (χ3n) is 5.44. The normalized spacial score (nSPS) is 18.0. The summed E-state index contributed by atoms with van der Waals surface area (Å²) in [5, 5.41) is 13.9. The summed E-state index contributed by atoms with van der Waals surface area (Å²) < 4.78 is 0. The minimum Gasteiger partial charge on any atom is -0.391 e. The van der Waals surface area contributed by atoms with Crippen molar-refractivity contribution in [3.05, 3.63) is 89.7 Å². The van der Waals surface area contributed by atoms with Crippen LogP contribution in [0.5, 0.6) is 0 Å². The first kappa shape index (κ1) is 18.7. The molecule has 0 unspecified atom stereocenters. The lowest BCUT2D eigenvalue weighted by atomic mass is 10.0. The van der Waals surface area contributed by atoms with E-state index in [9.17, 15) is 5.11 Å². The zero-order valence-corrected chi connectivity index (χ0v) is 16.1. The van der Waals surface area contributed by atoms with Gasteiger partial charge in [0.1, 0.15) is 0 Å². The highest BCUT2D eigenvalue weighted by Gasteiger charge is 2.29. The highest BCUT2D eigenvalue weighted by atomic mass is 35.5. The first-order chi connectivity index (χ1) is 13.3. The fourth-order valence-corrected chi connectivity index (χ4v) is 3.98. The van der Waals surface area contributed by atoms with Gasteiger partial charge in [0.05, 0.1) is 29.5 Å². The number of aliphatic hydroxyl groups excluding tert-OH is 1. The number of rotatable bonds is 4. The Hall–Kier alpha value is -2.66. The van der Waals surface area contributed by atoms with Crippen molar-refractivity contribution in [2.24, 2.45) is 0 Å². The van der Waals surface area contributed by atoms with Gasteiger partial charge in [-0.15, -0.1) is 12.4 Å². The second kappa shape index (κ2) is 7.76. The van der Waals surface area contributed by atoms with E-state index in [2.05, 4.69) is 63.8 Å². The van der Waals surface area contributed by atoms with Gasteiger partial charge in [-0.1, -0.05) is 54.6 Å². The van der Waals surface area contributed by atoms with Crippen molar-refractivity contribution in [2.45, 2.75) is 25.1 Å². The molecular weight excluding hydrogens is 370 g/mol. The Morgan fingerprint density at radius 3 is 2.64 bits per heavy atom. The van der Waals surface area contributed by atoms with Gasteiger partial charge >= 0.3 is 0 Å². The SMILES string of the molecule is Cl.O[C@H]1Cc2ccccc2[C@H]1NCc1ccc(-c2ccc3nc[nH]c3c2)cc1. The lowest BCUT2D eigenvalue weighted by molar-refractivity contribution is 0.140. The van der Waals surface area contributed by atoms with Crippen LogP contribution in [0.2, 0.25) is 0 Å². The molecule has 3 aromatic carbocycles. The Bertz CT molecular complexity index is 1090. The van der Waals surface area contributed by atoms with Crippen LogP contribution in [0.15, 0.2) is 73.1 Å². The molecule has 0 radical (unpaired) electrons. The van der Waals surface area contributed by atoms with Crippen molar-refractivity contribution < 1.29 is 5.11 Å². The molecule has 1 heterocycles. The van der Waals surface area contributed by atoms with Crippen LogP contribution in [0.25, 0.3) is 22.2 Å². The summed E-state index contributed by atoms with van der Waals surface area (Å²) in [5.41, 5.74) is 8.05. The molecular formula is C23H22ClN3O. The molecule has 28 heavy (non-hydrogen) atoms. The predicted molar refractivity (Wildman–Crippen MR) is 115 cm³/mol. The third kappa shape index (κ3) is 3.42. The second-order valence-corrected chi connectivity index (χ2v) is 7.16. The van der Waals surface area contributed by atoms with Crippen LogP contribution in [0.3, 0.4) is 0 Å². The molecule has 5 rings (SSSR count). The second-order valence-electron chi connectivity index (χ2n) is 7.16. The van der Waals surface area contributed by atoms with E-state index in [1.807, 2.05) is 18.2 Å². The highest BCUT2D eigenvalue weighted by molar-refractivity contribution is 5.85. The van der Waals surface area contributed by atoms with E-state index >= 15 is 0 Å². The van der Waals surface area contributed by atoms with E-state index in [1.165, 1.54) is 27.8 Å². The summed E-state index contributed by atoms with van der Waals surface area (Å²) in [6.07, 6.45) is 2.09. The maximum absolute atomic E-state index is 10.4. The molecule has 5 heteroatoms. The van der Waals surface area contributed by atoms with Gasteiger partial charge < -0.3 is 15.4 Å². The molecule has 0 saturated carbocycles. The molecule has 0 amide bonds. The van der Waals surface area contributed by atoms with Gasteiger partial charge in [0.15, 0.2) is 0 Å². The maximum Gasteiger partial charge on any atom is 0.0931 e. The molecule has 4 aromatic rings. The van der Waals surface area contributed by atoms with E-state index in [0.717, 1.165) is 24.0 Å². The molecule has 0 aliphatic heterocycles. The van der Waals surface area contributed by atoms with Gasteiger partial charge in [0.2, 0.25) is 0 Å². The standard InChI is InChI=1S/C23H21N3O.ClH/c27-22-12-18-3-1-2-4-19(18)23(22)24-13-15-5-7-16(8-6-15)17-9-10-20-21(11-17)26-14-25-20;/h1-11,14,22-24,27H,12-13H2,(H,25,26);1H/t22-,23+;/m0./s1. The Kier molecular flexibility index (Phi) is 5.18. The summed E-state index contributed by atoms with van der Waals surface area (Å²) >= 11 is 0. The van der Waals surface area contributed by atoms with Gasteiger partial charge in [-0.25, -0.2) is 4.98 Å². The minimum absolute atomic E-state index is 0. The molecule has 3 N–H and O–H groups in total. The number of halogens is 1. The van der Waals surface area contributed by atoms with Gasteiger partial charge in [-0.2, -0.15) is 0 Å². The number of hydrogen-bond donors (Lipinski definition) is 3. The number of benzene rings is 3. The summed E-state index contributed by atoms with van der Waals surface area (Å²) in [5.74, 6) is 0. The first-order valence-corrected chi connectivity index (χ1v) is 9.30. The summed E-state index contributed by atoms with van der Waals surface area (Å²) in [6.45, 7) is 0.732. The monoisotopic (exact) mass is 391 g/mol. The van der Waals surface area contributed by atoms with E-state index in [-0.39, 0.29) is 24.6 Å². The molecule has 2 atom stereocenters. The average Bonchev–Trinajstić information content (AvgIpc) is 3.29. The van der Waals surface area contributed by atoms with Crippen LogP contribution >= 0.6 is 12.4 Å². The average molecular weight is 392 g/mol. The van der Waals surface area contributed by atoms with Crippen molar-refractivity contribution in [2.75, 3.05) is 0 Å². The Morgan fingerprint density at radius 2 is 1.79 bits per heavy atom. The van der Waals surface area contributed by atoms with Gasteiger partial charge in [0.25, 0.3) is 0 Å². The van der Waals surface area contributed by atoms with Crippen LogP contribution < -0.4 is 5.32 Å². The van der Waals surface area contributed by atoms with E-state index in [0.29, 0.717) is 0 Å². The van der Waals surface area contributed by atoms with Crippen LogP contribution in [0, 0.1) is 0 Å². The summed E-state index contributed by atoms with van der Waals surface area (Å²) in [7, 11) is 0. The predicted octanol–water partition coefficient (Wildman–Crippen LogP) is 4.40. The fraction of sp³-hybridized carbons (Fsp3) is 0.174. The maximum atomic E-state index is 10.4. The summed E-state index contributed by atoms with van der Waals surface area (Å²) in [4.78, 5) is 7.43. The van der Waals surface area contributed by atoms with Crippen LogP contribution in [0.1, 0.15) is 22.7 Å². The fourth-order valence-electron chi connectivity index (χ4n) is 3.98. The van der Waals surface area contributed by atoms with Crippen molar-refractivity contribution >= 4 is 23.4 Å². The van der Waals surface area contributed by atoms with Gasteiger partial charge in [-0.05, 0) is 39.9 Å². The van der Waals surface area contributed by atoms with Gasteiger partial charge in [0, 0.05) is 13.0 Å². The molecule has 0 saturated heterocycles. The van der Waals surface area contributed by atoms with Crippen LogP contribution in [0.4, 0.5) is 0 Å². The third-order valence-corrected chi connectivity index (χ3v) is 5.44. The van der Waals surface area contributed by atoms with Crippen molar-refractivity contribution in [3.63, 3.8) is 0 Å². The van der Waals surface area contributed by atoms with E-state index < -0.39 is 0 Å². The number of hydrogen-bond acceptors (Lipinski definition) is 3. The van der Waals surface area contributed by atoms with E-state index in [1.54, 1.807) is 6.33 Å². The van der Waals surface area contributed by atoms with Crippen molar-refractivity contribution in [3.8, 4) is 11.1 Å². The number of H-pyrrole nitrogens is 1. The zero-order valence-electron chi connectivity index (χ0n) is 15.3. The summed E-state index contributed by atoms with van der Waals surface area (Å²) in [6, 6.07) is 23.1. The van der Waals surface area contributed by atoms with Crippen LogP contribution in [-0.4, -0.2) is 21.2 Å². The van der Waals surface area contributed by atoms with E-state index in [4.69, 9.17) is 0 Å². The molecule has 1 aliphatic rings. The van der Waals surface area contributed by atoms with Gasteiger partial charge in [-0.3, -0.25) is 0 Å². The Labute approximate surface area is 170 Å². The lowest BCUT2D eigenvalue weighted by Gasteiger charge is -2.18. The Morgan fingerprint density at radius 1 is 1.00 bits per heavy atom. The molecule has 0 fully saturated rings. The number of aromatic amines is 1. The van der Waals surface area contributed by atoms with Crippen molar-refractivity contribution in [1.82, 2.24) is 15.3 Å². The smallest absolute Gasteiger partial charge is 0.0931 e. The number of nitrogens with one attached hydrogen (secondary N) is 2. The highest BCUT2D eigenvalue weighted by Crippen LogP contribution is 2.31. The lowest BCUT2D eigenvalue weighted by Crippen LogP contribution is -2.28.